The quantitative estimate of drug-likeness (QED) is 0.639. The standard InChI is InChI=1S/C12H24O4S/c1-5-12(6-2,16-4)11(13)9-8-10-17(14,15)7-3/h5-10H2,1-4H3. The van der Waals surface area contributed by atoms with E-state index in [1.54, 1.807) is 6.92 Å². The highest BCUT2D eigenvalue weighted by Crippen LogP contribution is 2.23. The maximum atomic E-state index is 12.0. The lowest BCUT2D eigenvalue weighted by molar-refractivity contribution is -0.142. The Balaban J connectivity index is 4.36. The summed E-state index contributed by atoms with van der Waals surface area (Å²) in [6, 6.07) is 0. The second kappa shape index (κ2) is 7.11. The van der Waals surface area contributed by atoms with E-state index >= 15 is 0 Å². The van der Waals surface area contributed by atoms with E-state index in [-0.39, 0.29) is 23.7 Å². The average Bonchev–Trinajstić information content (AvgIpc) is 2.32. The zero-order chi connectivity index (χ0) is 13.5. The molecular formula is C12H24O4S. The Hall–Kier alpha value is -0.420. The predicted molar refractivity (Wildman–Crippen MR) is 68.9 cm³/mol. The Bertz CT molecular complexity index is 320. The predicted octanol–water partition coefficient (Wildman–Crippen LogP) is 1.98. The Morgan fingerprint density at radius 3 is 2.06 bits per heavy atom. The molecule has 0 aliphatic rings. The molecule has 0 fully saturated rings. The van der Waals surface area contributed by atoms with Gasteiger partial charge in [0.05, 0.1) is 5.75 Å². The van der Waals surface area contributed by atoms with Crippen LogP contribution in [0.5, 0.6) is 0 Å². The van der Waals surface area contributed by atoms with Crippen LogP contribution in [0.2, 0.25) is 0 Å². The minimum Gasteiger partial charge on any atom is -0.370 e. The number of ether oxygens (including phenoxy) is 1. The van der Waals surface area contributed by atoms with Crippen LogP contribution in [-0.4, -0.2) is 38.4 Å². The SMILES string of the molecule is CCC(CC)(OC)C(=O)CCCS(=O)(=O)CC. The molecule has 0 unspecified atom stereocenters. The number of carbonyl (C=O) groups excluding carboxylic acids is 1. The number of hydrogen-bond donors (Lipinski definition) is 0. The van der Waals surface area contributed by atoms with E-state index in [9.17, 15) is 13.2 Å². The van der Waals surface area contributed by atoms with Crippen molar-refractivity contribution in [2.24, 2.45) is 0 Å². The molecule has 0 spiro atoms. The lowest BCUT2D eigenvalue weighted by Gasteiger charge is -2.28. The van der Waals surface area contributed by atoms with Gasteiger partial charge in [-0.3, -0.25) is 4.79 Å². The highest BCUT2D eigenvalue weighted by molar-refractivity contribution is 7.91. The normalized spacial score (nSPS) is 12.7. The van der Waals surface area contributed by atoms with Crippen LogP contribution in [-0.2, 0) is 19.4 Å². The Labute approximate surface area is 105 Å². The van der Waals surface area contributed by atoms with Crippen LogP contribution >= 0.6 is 0 Å². The number of ketones is 1. The fraction of sp³-hybridized carbons (Fsp3) is 0.917. The molecule has 0 aromatic rings. The molecule has 0 amide bonds. The molecule has 0 bridgehead atoms. The van der Waals surface area contributed by atoms with Gasteiger partial charge in [-0.05, 0) is 19.3 Å². The van der Waals surface area contributed by atoms with Crippen LogP contribution in [0.4, 0.5) is 0 Å². The molecule has 0 heterocycles. The van der Waals surface area contributed by atoms with Crippen LogP contribution < -0.4 is 0 Å². The Morgan fingerprint density at radius 2 is 1.71 bits per heavy atom. The molecular weight excluding hydrogens is 240 g/mol. The molecule has 0 radical (unpaired) electrons. The van der Waals surface area contributed by atoms with E-state index in [0.717, 1.165) is 0 Å². The summed E-state index contributed by atoms with van der Waals surface area (Å²) in [5.41, 5.74) is -0.726. The van der Waals surface area contributed by atoms with E-state index < -0.39 is 15.4 Å². The third kappa shape index (κ3) is 4.76. The van der Waals surface area contributed by atoms with Gasteiger partial charge in [0, 0.05) is 19.3 Å². The van der Waals surface area contributed by atoms with Crippen molar-refractivity contribution in [3.05, 3.63) is 0 Å². The monoisotopic (exact) mass is 264 g/mol. The topological polar surface area (TPSA) is 60.4 Å². The first kappa shape index (κ1) is 16.6. The van der Waals surface area contributed by atoms with Crippen LogP contribution in [0.25, 0.3) is 0 Å². The van der Waals surface area contributed by atoms with Gasteiger partial charge in [-0.15, -0.1) is 0 Å². The van der Waals surface area contributed by atoms with Crippen molar-refractivity contribution in [1.29, 1.82) is 0 Å². The third-order valence-corrected chi connectivity index (χ3v) is 5.13. The van der Waals surface area contributed by atoms with Crippen molar-refractivity contribution in [2.45, 2.75) is 52.1 Å². The molecule has 4 nitrogen and oxygen atoms in total. The van der Waals surface area contributed by atoms with Gasteiger partial charge in [0.1, 0.15) is 15.4 Å². The highest BCUT2D eigenvalue weighted by Gasteiger charge is 2.33. The number of carbonyl (C=O) groups is 1. The van der Waals surface area contributed by atoms with Gasteiger partial charge < -0.3 is 4.74 Å². The summed E-state index contributed by atoms with van der Waals surface area (Å²) in [6.07, 6.45) is 1.91. The molecule has 0 aromatic heterocycles. The smallest absolute Gasteiger partial charge is 0.164 e. The fourth-order valence-electron chi connectivity index (χ4n) is 1.87. The first-order chi connectivity index (χ1) is 7.87. The van der Waals surface area contributed by atoms with Crippen LogP contribution in [0, 0.1) is 0 Å². The van der Waals surface area contributed by atoms with Crippen LogP contribution in [0.15, 0.2) is 0 Å². The van der Waals surface area contributed by atoms with Crippen molar-refractivity contribution in [3.63, 3.8) is 0 Å². The molecule has 17 heavy (non-hydrogen) atoms. The minimum absolute atomic E-state index is 0.0105. The van der Waals surface area contributed by atoms with Gasteiger partial charge in [0.2, 0.25) is 0 Å². The van der Waals surface area contributed by atoms with Gasteiger partial charge >= 0.3 is 0 Å². The summed E-state index contributed by atoms with van der Waals surface area (Å²) in [7, 11) is -1.44. The minimum atomic E-state index is -2.97. The van der Waals surface area contributed by atoms with Crippen LogP contribution in [0.1, 0.15) is 46.5 Å². The van der Waals surface area contributed by atoms with E-state index in [1.165, 1.54) is 7.11 Å². The number of Topliss-reactive ketones (excluding diaryl/α,β-unsaturated/α-hetero) is 1. The van der Waals surface area contributed by atoms with Crippen molar-refractivity contribution < 1.29 is 17.9 Å². The van der Waals surface area contributed by atoms with Crippen molar-refractivity contribution in [1.82, 2.24) is 0 Å². The van der Waals surface area contributed by atoms with Gasteiger partial charge in [-0.1, -0.05) is 20.8 Å². The largest absolute Gasteiger partial charge is 0.370 e. The number of methoxy groups -OCH3 is 1. The van der Waals surface area contributed by atoms with Gasteiger partial charge in [-0.25, -0.2) is 8.42 Å². The second-order valence-corrected chi connectivity index (χ2v) is 6.64. The molecule has 0 rings (SSSR count). The van der Waals surface area contributed by atoms with E-state index in [2.05, 4.69) is 0 Å². The molecule has 0 N–H and O–H groups in total. The van der Waals surface area contributed by atoms with Crippen molar-refractivity contribution in [3.8, 4) is 0 Å². The lowest BCUT2D eigenvalue weighted by atomic mass is 9.89. The zero-order valence-electron chi connectivity index (χ0n) is 11.3. The molecule has 0 aromatic carbocycles. The second-order valence-electron chi connectivity index (χ2n) is 4.17. The Morgan fingerprint density at radius 1 is 1.18 bits per heavy atom. The van der Waals surface area contributed by atoms with E-state index in [0.29, 0.717) is 19.3 Å². The first-order valence-electron chi connectivity index (χ1n) is 6.16. The molecule has 102 valence electrons. The molecule has 0 aliphatic carbocycles. The highest BCUT2D eigenvalue weighted by atomic mass is 32.2. The first-order valence-corrected chi connectivity index (χ1v) is 7.98. The summed E-state index contributed by atoms with van der Waals surface area (Å²) >= 11 is 0. The van der Waals surface area contributed by atoms with Gasteiger partial charge in [-0.2, -0.15) is 0 Å². The van der Waals surface area contributed by atoms with Crippen molar-refractivity contribution in [2.75, 3.05) is 18.6 Å². The molecule has 0 saturated carbocycles. The van der Waals surface area contributed by atoms with E-state index in [1.807, 2.05) is 13.8 Å². The fourth-order valence-corrected chi connectivity index (χ4v) is 2.74. The maximum absolute atomic E-state index is 12.0. The van der Waals surface area contributed by atoms with Gasteiger partial charge in [0.15, 0.2) is 5.78 Å². The third-order valence-electron chi connectivity index (χ3n) is 3.34. The van der Waals surface area contributed by atoms with Gasteiger partial charge in [0.25, 0.3) is 0 Å². The summed E-state index contributed by atoms with van der Waals surface area (Å²) in [5, 5.41) is 0. The lowest BCUT2D eigenvalue weighted by Crippen LogP contribution is -2.39. The molecule has 0 saturated heterocycles. The molecule has 0 aliphatic heterocycles. The summed E-state index contributed by atoms with van der Waals surface area (Å²) < 4.78 is 27.9. The zero-order valence-corrected chi connectivity index (χ0v) is 12.1. The number of hydrogen-bond acceptors (Lipinski definition) is 4. The molecule has 0 atom stereocenters. The molecule has 5 heteroatoms. The number of sulfone groups is 1. The average molecular weight is 264 g/mol. The summed E-state index contributed by atoms with van der Waals surface area (Å²) in [6.45, 7) is 5.44. The summed E-state index contributed by atoms with van der Waals surface area (Å²) in [5.74, 6) is 0.233. The summed E-state index contributed by atoms with van der Waals surface area (Å²) in [4.78, 5) is 12.0. The maximum Gasteiger partial charge on any atom is 0.164 e. The van der Waals surface area contributed by atoms with E-state index in [4.69, 9.17) is 4.74 Å². The number of rotatable bonds is 9. The Kier molecular flexibility index (Phi) is 6.94. The van der Waals surface area contributed by atoms with Crippen molar-refractivity contribution >= 4 is 15.6 Å². The van der Waals surface area contributed by atoms with Crippen LogP contribution in [0.3, 0.4) is 0 Å².